The van der Waals surface area contributed by atoms with Crippen LogP contribution in [0.25, 0.3) is 53.2 Å². The van der Waals surface area contributed by atoms with Gasteiger partial charge in [-0.1, -0.05) is 109 Å². The Morgan fingerprint density at radius 1 is 0.333 bits per heavy atom. The molecule has 0 aliphatic carbocycles. The van der Waals surface area contributed by atoms with Crippen molar-refractivity contribution in [2.75, 3.05) is 4.90 Å². The lowest BCUT2D eigenvalue weighted by Gasteiger charge is -2.26. The zero-order valence-electron chi connectivity index (χ0n) is 22.9. The second-order valence-electron chi connectivity index (χ2n) is 10.6. The molecule has 198 valence electrons. The first-order chi connectivity index (χ1) is 20.8. The number of thiophene rings is 1. The van der Waals surface area contributed by atoms with Crippen molar-refractivity contribution in [3.63, 3.8) is 0 Å². The van der Waals surface area contributed by atoms with Crippen molar-refractivity contribution in [3.8, 4) is 22.3 Å². The molecule has 1 aromatic heterocycles. The molecule has 7 aromatic carbocycles. The first-order valence-electron chi connectivity index (χ1n) is 14.3. The summed E-state index contributed by atoms with van der Waals surface area (Å²) >= 11 is 1.87. The number of para-hydroxylation sites is 1. The summed E-state index contributed by atoms with van der Waals surface area (Å²) in [6.07, 6.45) is 0. The van der Waals surface area contributed by atoms with Gasteiger partial charge in [-0.3, -0.25) is 0 Å². The highest BCUT2D eigenvalue weighted by atomic mass is 32.1. The van der Waals surface area contributed by atoms with Crippen LogP contribution < -0.4 is 4.90 Å². The first kappa shape index (κ1) is 24.6. The minimum Gasteiger partial charge on any atom is -0.310 e. The molecule has 0 aliphatic heterocycles. The van der Waals surface area contributed by atoms with Crippen LogP contribution in [0.4, 0.5) is 17.1 Å². The van der Waals surface area contributed by atoms with Crippen molar-refractivity contribution < 1.29 is 0 Å². The second-order valence-corrected chi connectivity index (χ2v) is 11.7. The average Bonchev–Trinajstić information content (AvgIpc) is 3.42. The van der Waals surface area contributed by atoms with Gasteiger partial charge >= 0.3 is 0 Å². The smallest absolute Gasteiger partial charge is 0.0468 e. The Hall–Kier alpha value is -5.18. The zero-order chi connectivity index (χ0) is 27.9. The summed E-state index contributed by atoms with van der Waals surface area (Å²) in [7, 11) is 0. The fourth-order valence-corrected chi connectivity index (χ4v) is 7.07. The van der Waals surface area contributed by atoms with Crippen molar-refractivity contribution in [1.82, 2.24) is 0 Å². The molecule has 2 heteroatoms. The maximum Gasteiger partial charge on any atom is 0.0468 e. The van der Waals surface area contributed by atoms with E-state index in [4.69, 9.17) is 0 Å². The maximum absolute atomic E-state index is 2.36. The molecule has 42 heavy (non-hydrogen) atoms. The summed E-state index contributed by atoms with van der Waals surface area (Å²) in [5, 5.41) is 5.18. The number of nitrogens with zero attached hydrogens (tertiary/aromatic N) is 1. The van der Waals surface area contributed by atoms with Crippen LogP contribution in [0, 0.1) is 0 Å². The van der Waals surface area contributed by atoms with Gasteiger partial charge in [0, 0.05) is 37.2 Å². The predicted octanol–water partition coefficient (Wildman–Crippen LogP) is 12.0. The van der Waals surface area contributed by atoms with Crippen LogP contribution in [0.5, 0.6) is 0 Å². The van der Waals surface area contributed by atoms with E-state index in [0.29, 0.717) is 0 Å². The molecule has 0 N–H and O–H groups in total. The van der Waals surface area contributed by atoms with Crippen LogP contribution in [0.3, 0.4) is 0 Å². The third-order valence-corrected chi connectivity index (χ3v) is 9.16. The number of hydrogen-bond acceptors (Lipinski definition) is 2. The monoisotopic (exact) mass is 553 g/mol. The van der Waals surface area contributed by atoms with Gasteiger partial charge in [0.05, 0.1) is 0 Å². The fraction of sp³-hybridized carbons (Fsp3) is 0. The lowest BCUT2D eigenvalue weighted by atomic mass is 9.99. The van der Waals surface area contributed by atoms with E-state index >= 15 is 0 Å². The van der Waals surface area contributed by atoms with Crippen LogP contribution in [0.2, 0.25) is 0 Å². The van der Waals surface area contributed by atoms with Crippen molar-refractivity contribution in [3.05, 3.63) is 164 Å². The molecule has 8 aromatic rings. The van der Waals surface area contributed by atoms with Gasteiger partial charge < -0.3 is 4.90 Å². The Kier molecular flexibility index (Phi) is 6.05. The number of anilines is 3. The third-order valence-electron chi connectivity index (χ3n) is 8.02. The summed E-state index contributed by atoms with van der Waals surface area (Å²) < 4.78 is 2.66. The van der Waals surface area contributed by atoms with Crippen molar-refractivity contribution >= 4 is 59.3 Å². The van der Waals surface area contributed by atoms with E-state index in [-0.39, 0.29) is 0 Å². The maximum atomic E-state index is 2.36. The van der Waals surface area contributed by atoms with E-state index in [2.05, 4.69) is 169 Å². The van der Waals surface area contributed by atoms with Gasteiger partial charge in [0.2, 0.25) is 0 Å². The quantitative estimate of drug-likeness (QED) is 0.205. The standard InChI is InChI=1S/C40H27NS/c1-3-10-28(11-4-1)29-18-20-30(21-19-29)31-12-9-15-35(24-31)41(34-13-5-2-6-14-34)36-23-22-32-26-38-37-16-7-8-17-39(37)42-40(38)27-33(32)25-36/h1-27H. The molecule has 0 amide bonds. The molecule has 0 saturated carbocycles. The van der Waals surface area contributed by atoms with Gasteiger partial charge in [0.1, 0.15) is 0 Å². The Morgan fingerprint density at radius 3 is 1.76 bits per heavy atom. The predicted molar refractivity (Wildman–Crippen MR) is 182 cm³/mol. The summed E-state index contributed by atoms with van der Waals surface area (Å²) in [5.74, 6) is 0. The van der Waals surface area contributed by atoms with E-state index < -0.39 is 0 Å². The van der Waals surface area contributed by atoms with Crippen LogP contribution >= 0.6 is 11.3 Å². The molecule has 0 fully saturated rings. The fourth-order valence-electron chi connectivity index (χ4n) is 5.93. The Balaban J connectivity index is 1.22. The van der Waals surface area contributed by atoms with Crippen molar-refractivity contribution in [2.24, 2.45) is 0 Å². The second kappa shape index (κ2) is 10.3. The topological polar surface area (TPSA) is 3.24 Å². The van der Waals surface area contributed by atoms with Gasteiger partial charge in [-0.15, -0.1) is 11.3 Å². The molecular weight excluding hydrogens is 527 g/mol. The van der Waals surface area contributed by atoms with E-state index in [9.17, 15) is 0 Å². The highest BCUT2D eigenvalue weighted by Gasteiger charge is 2.15. The van der Waals surface area contributed by atoms with Crippen molar-refractivity contribution in [2.45, 2.75) is 0 Å². The number of benzene rings is 7. The zero-order valence-corrected chi connectivity index (χ0v) is 23.8. The van der Waals surface area contributed by atoms with Gasteiger partial charge in [0.15, 0.2) is 0 Å². The normalized spacial score (nSPS) is 11.3. The molecule has 0 saturated heterocycles. The molecule has 8 rings (SSSR count). The van der Waals surface area contributed by atoms with E-state index in [1.165, 1.54) is 53.2 Å². The average molecular weight is 554 g/mol. The highest BCUT2D eigenvalue weighted by molar-refractivity contribution is 7.25. The van der Waals surface area contributed by atoms with Gasteiger partial charge in [0.25, 0.3) is 0 Å². The molecule has 0 radical (unpaired) electrons. The third kappa shape index (κ3) is 4.43. The van der Waals surface area contributed by atoms with Crippen molar-refractivity contribution in [1.29, 1.82) is 0 Å². The van der Waals surface area contributed by atoms with E-state index in [1.807, 2.05) is 11.3 Å². The Labute approximate surface area is 249 Å². The van der Waals surface area contributed by atoms with Crippen LogP contribution in [0.15, 0.2) is 164 Å². The van der Waals surface area contributed by atoms with Gasteiger partial charge in [-0.2, -0.15) is 0 Å². The molecule has 0 aliphatic rings. The lowest BCUT2D eigenvalue weighted by molar-refractivity contribution is 1.29. The van der Waals surface area contributed by atoms with Crippen LogP contribution in [0.1, 0.15) is 0 Å². The molecule has 0 bridgehead atoms. The van der Waals surface area contributed by atoms with E-state index in [0.717, 1.165) is 17.1 Å². The Morgan fingerprint density at radius 2 is 0.952 bits per heavy atom. The minimum absolute atomic E-state index is 1.13. The molecule has 0 atom stereocenters. The number of fused-ring (bicyclic) bond motifs is 4. The summed E-state index contributed by atoms with van der Waals surface area (Å²) in [6, 6.07) is 59.2. The molecule has 1 nitrogen and oxygen atoms in total. The van der Waals surface area contributed by atoms with Crippen LogP contribution in [-0.4, -0.2) is 0 Å². The molecule has 0 spiro atoms. The van der Waals surface area contributed by atoms with Gasteiger partial charge in [-0.05, 0) is 87.6 Å². The summed E-state index contributed by atoms with van der Waals surface area (Å²) in [4.78, 5) is 2.36. The molecule has 1 heterocycles. The largest absolute Gasteiger partial charge is 0.310 e. The van der Waals surface area contributed by atoms with Gasteiger partial charge in [-0.25, -0.2) is 0 Å². The SMILES string of the molecule is c1ccc(-c2ccc(-c3cccc(N(c4ccccc4)c4ccc5cc6c(cc5c4)sc4ccccc46)c3)cc2)cc1. The minimum atomic E-state index is 1.13. The first-order valence-corrected chi connectivity index (χ1v) is 15.1. The Bertz CT molecular complexity index is 2180. The number of hydrogen-bond donors (Lipinski definition) is 0. The van der Waals surface area contributed by atoms with Crippen LogP contribution in [-0.2, 0) is 0 Å². The lowest BCUT2D eigenvalue weighted by Crippen LogP contribution is -2.09. The summed E-state index contributed by atoms with van der Waals surface area (Å²) in [5.41, 5.74) is 8.27. The number of rotatable bonds is 5. The molecular formula is C40H27NS. The van der Waals surface area contributed by atoms with E-state index in [1.54, 1.807) is 0 Å². The molecule has 0 unspecified atom stereocenters. The summed E-state index contributed by atoms with van der Waals surface area (Å²) in [6.45, 7) is 0. The highest BCUT2D eigenvalue weighted by Crippen LogP contribution is 2.40.